The van der Waals surface area contributed by atoms with Crippen molar-refractivity contribution in [1.82, 2.24) is 15.0 Å². The van der Waals surface area contributed by atoms with Crippen LogP contribution in [0.4, 0.5) is 17.5 Å². The van der Waals surface area contributed by atoms with Gasteiger partial charge in [0, 0.05) is 19.3 Å². The smallest absolute Gasteiger partial charge is 0.137 e. The molecule has 0 aliphatic heterocycles. The Morgan fingerprint density at radius 3 is 2.89 bits per heavy atom. The van der Waals surface area contributed by atoms with Crippen molar-refractivity contribution in [3.8, 4) is 6.07 Å². The van der Waals surface area contributed by atoms with E-state index in [1.165, 1.54) is 6.33 Å². The molecule has 0 bridgehead atoms. The van der Waals surface area contributed by atoms with Crippen LogP contribution in [0.3, 0.4) is 0 Å². The van der Waals surface area contributed by atoms with Gasteiger partial charge in [-0.1, -0.05) is 6.07 Å². The summed E-state index contributed by atoms with van der Waals surface area (Å²) in [6.07, 6.45) is 3.15. The van der Waals surface area contributed by atoms with Gasteiger partial charge in [0.05, 0.1) is 6.07 Å². The number of nitrogens with one attached hydrogen (secondary N) is 1. The summed E-state index contributed by atoms with van der Waals surface area (Å²) in [5.74, 6) is 2.04. The van der Waals surface area contributed by atoms with E-state index < -0.39 is 0 Å². The number of hydrogen-bond donors (Lipinski definition) is 1. The summed E-state index contributed by atoms with van der Waals surface area (Å²) in [6, 6.07) is 9.42. The van der Waals surface area contributed by atoms with Crippen molar-refractivity contribution >= 4 is 17.5 Å². The van der Waals surface area contributed by atoms with Crippen LogP contribution in [-0.2, 0) is 0 Å². The van der Waals surface area contributed by atoms with Gasteiger partial charge in [-0.25, -0.2) is 15.0 Å². The molecule has 0 amide bonds. The lowest BCUT2D eigenvalue weighted by molar-refractivity contribution is 0.980. The Morgan fingerprint density at radius 1 is 1.28 bits per heavy atom. The number of rotatable bonds is 4. The maximum atomic E-state index is 8.64. The van der Waals surface area contributed by atoms with E-state index in [0.717, 1.165) is 0 Å². The van der Waals surface area contributed by atoms with Crippen LogP contribution in [0.25, 0.3) is 0 Å². The van der Waals surface area contributed by atoms with Gasteiger partial charge >= 0.3 is 0 Å². The molecule has 2 aromatic heterocycles. The Hall–Kier alpha value is -2.68. The number of nitriles is 1. The fourth-order valence-electron chi connectivity index (χ4n) is 1.38. The van der Waals surface area contributed by atoms with E-state index in [2.05, 4.69) is 26.3 Å². The van der Waals surface area contributed by atoms with Gasteiger partial charge in [-0.3, -0.25) is 0 Å². The second-order valence-electron chi connectivity index (χ2n) is 3.62. The highest BCUT2D eigenvalue weighted by Crippen LogP contribution is 2.15. The minimum Gasteiger partial charge on any atom is -0.346 e. The third-order valence-corrected chi connectivity index (χ3v) is 2.27. The lowest BCUT2D eigenvalue weighted by atomic mass is 10.4. The molecule has 0 fully saturated rings. The first kappa shape index (κ1) is 11.8. The number of aromatic nitrogens is 3. The molecular weight excluding hydrogens is 228 g/mol. The van der Waals surface area contributed by atoms with Gasteiger partial charge in [-0.05, 0) is 12.1 Å². The third-order valence-electron chi connectivity index (χ3n) is 2.27. The standard InChI is InChI=1S/C12H12N6/c1-18(7-5-13)12-8-11(15-9-16-12)17-10-4-2-3-6-14-10/h2-4,6,8-9H,7H2,1H3,(H,14,15,16,17). The molecule has 0 saturated heterocycles. The molecule has 0 saturated carbocycles. The summed E-state index contributed by atoms with van der Waals surface area (Å²) in [6.45, 7) is 0.278. The van der Waals surface area contributed by atoms with Gasteiger partial charge in [0.1, 0.15) is 30.3 Å². The first-order valence-electron chi connectivity index (χ1n) is 5.38. The van der Waals surface area contributed by atoms with E-state index >= 15 is 0 Å². The Balaban J connectivity index is 2.15. The van der Waals surface area contributed by atoms with Crippen LogP contribution in [0.1, 0.15) is 0 Å². The van der Waals surface area contributed by atoms with Crippen LogP contribution >= 0.6 is 0 Å². The summed E-state index contributed by atoms with van der Waals surface area (Å²) in [4.78, 5) is 14.1. The Labute approximate surface area is 105 Å². The highest BCUT2D eigenvalue weighted by Gasteiger charge is 2.04. The summed E-state index contributed by atoms with van der Waals surface area (Å²) in [5, 5.41) is 11.7. The average molecular weight is 240 g/mol. The molecule has 0 spiro atoms. The average Bonchev–Trinajstić information content (AvgIpc) is 2.40. The van der Waals surface area contributed by atoms with Crippen molar-refractivity contribution in [2.24, 2.45) is 0 Å². The molecule has 2 aromatic rings. The number of anilines is 3. The van der Waals surface area contributed by atoms with E-state index in [4.69, 9.17) is 5.26 Å². The van der Waals surface area contributed by atoms with E-state index in [-0.39, 0.29) is 6.54 Å². The van der Waals surface area contributed by atoms with Crippen LogP contribution in [-0.4, -0.2) is 28.5 Å². The normalized spacial score (nSPS) is 9.56. The molecule has 18 heavy (non-hydrogen) atoms. The molecule has 0 aliphatic rings. The van der Waals surface area contributed by atoms with Gasteiger partial charge in [0.25, 0.3) is 0 Å². The molecule has 6 nitrogen and oxygen atoms in total. The first-order chi connectivity index (χ1) is 8.79. The zero-order chi connectivity index (χ0) is 12.8. The largest absolute Gasteiger partial charge is 0.346 e. The minimum atomic E-state index is 0.278. The Morgan fingerprint density at radius 2 is 2.17 bits per heavy atom. The summed E-state index contributed by atoms with van der Waals surface area (Å²) in [7, 11) is 1.80. The zero-order valence-corrected chi connectivity index (χ0v) is 9.91. The Bertz CT molecular complexity index is 548. The van der Waals surface area contributed by atoms with E-state index in [1.807, 2.05) is 18.2 Å². The van der Waals surface area contributed by atoms with Crippen LogP contribution in [0.15, 0.2) is 36.8 Å². The lowest BCUT2D eigenvalue weighted by Gasteiger charge is -2.14. The highest BCUT2D eigenvalue weighted by molar-refractivity contribution is 5.56. The quantitative estimate of drug-likeness (QED) is 0.817. The Kier molecular flexibility index (Phi) is 3.66. The lowest BCUT2D eigenvalue weighted by Crippen LogP contribution is -2.18. The van der Waals surface area contributed by atoms with Crippen molar-refractivity contribution in [2.45, 2.75) is 0 Å². The second kappa shape index (κ2) is 5.59. The molecule has 0 unspecified atom stereocenters. The highest BCUT2D eigenvalue weighted by atomic mass is 15.2. The van der Waals surface area contributed by atoms with Gasteiger partial charge in [0.15, 0.2) is 0 Å². The van der Waals surface area contributed by atoms with E-state index in [0.29, 0.717) is 17.5 Å². The summed E-state index contributed by atoms with van der Waals surface area (Å²) >= 11 is 0. The fourth-order valence-corrected chi connectivity index (χ4v) is 1.38. The first-order valence-corrected chi connectivity index (χ1v) is 5.38. The van der Waals surface area contributed by atoms with Crippen LogP contribution < -0.4 is 10.2 Å². The maximum Gasteiger partial charge on any atom is 0.137 e. The molecule has 1 N–H and O–H groups in total. The fraction of sp³-hybridized carbons (Fsp3) is 0.167. The molecule has 0 aromatic carbocycles. The predicted molar refractivity (Wildman–Crippen MR) is 68.4 cm³/mol. The van der Waals surface area contributed by atoms with E-state index in [9.17, 15) is 0 Å². The molecular formula is C12H12N6. The molecule has 0 atom stereocenters. The van der Waals surface area contributed by atoms with Crippen molar-refractivity contribution in [1.29, 1.82) is 5.26 Å². The molecule has 0 radical (unpaired) electrons. The molecule has 90 valence electrons. The maximum absolute atomic E-state index is 8.64. The van der Waals surface area contributed by atoms with Crippen molar-refractivity contribution in [3.63, 3.8) is 0 Å². The second-order valence-corrected chi connectivity index (χ2v) is 3.62. The number of nitrogens with zero attached hydrogens (tertiary/aromatic N) is 5. The zero-order valence-electron chi connectivity index (χ0n) is 9.91. The van der Waals surface area contributed by atoms with Gasteiger partial charge in [0.2, 0.25) is 0 Å². The monoisotopic (exact) mass is 240 g/mol. The molecule has 2 heterocycles. The minimum absolute atomic E-state index is 0.278. The summed E-state index contributed by atoms with van der Waals surface area (Å²) < 4.78 is 0. The van der Waals surface area contributed by atoms with E-state index in [1.54, 1.807) is 24.2 Å². The van der Waals surface area contributed by atoms with Gasteiger partial charge in [-0.15, -0.1) is 0 Å². The van der Waals surface area contributed by atoms with Crippen LogP contribution in [0.2, 0.25) is 0 Å². The summed E-state index contributed by atoms with van der Waals surface area (Å²) in [5.41, 5.74) is 0. The SMILES string of the molecule is CN(CC#N)c1cc(Nc2ccccn2)ncn1. The van der Waals surface area contributed by atoms with Gasteiger partial charge in [-0.2, -0.15) is 5.26 Å². The topological polar surface area (TPSA) is 77.7 Å². The van der Waals surface area contributed by atoms with Crippen molar-refractivity contribution < 1.29 is 0 Å². The van der Waals surface area contributed by atoms with Crippen LogP contribution in [0, 0.1) is 11.3 Å². The number of hydrogen-bond acceptors (Lipinski definition) is 6. The predicted octanol–water partition coefficient (Wildman–Crippen LogP) is 1.57. The third kappa shape index (κ3) is 2.92. The number of pyridine rings is 1. The molecule has 0 aliphatic carbocycles. The molecule has 2 rings (SSSR count). The van der Waals surface area contributed by atoms with Crippen molar-refractivity contribution in [2.75, 3.05) is 23.8 Å². The molecule has 6 heteroatoms. The van der Waals surface area contributed by atoms with Gasteiger partial charge < -0.3 is 10.2 Å². The van der Waals surface area contributed by atoms with Crippen LogP contribution in [0.5, 0.6) is 0 Å². The van der Waals surface area contributed by atoms with Crippen molar-refractivity contribution in [3.05, 3.63) is 36.8 Å².